The highest BCUT2D eigenvalue weighted by Gasteiger charge is 2.24. The summed E-state index contributed by atoms with van der Waals surface area (Å²) in [4.78, 5) is 0. The summed E-state index contributed by atoms with van der Waals surface area (Å²) >= 11 is 0. The van der Waals surface area contributed by atoms with Crippen molar-refractivity contribution < 1.29 is 4.48 Å². The highest BCUT2D eigenvalue weighted by Crippen LogP contribution is 2.21. The Labute approximate surface area is 109 Å². The Morgan fingerprint density at radius 1 is 0.882 bits per heavy atom. The molecule has 0 aromatic rings. The van der Waals surface area contributed by atoms with Crippen molar-refractivity contribution in [2.24, 2.45) is 11.8 Å². The molecule has 0 aliphatic carbocycles. The molecule has 0 amide bonds. The number of likely N-dealkylation sites (tertiary alicyclic amines) is 1. The molecule has 0 saturated carbocycles. The Morgan fingerprint density at radius 3 is 2.12 bits per heavy atom. The molecule has 1 saturated heterocycles. The summed E-state index contributed by atoms with van der Waals surface area (Å²) in [6, 6.07) is 0. The van der Waals surface area contributed by atoms with E-state index in [1.54, 1.807) is 0 Å². The molecule has 1 rings (SSSR count). The standard InChI is InChI=1S/C16H34N/c1-15(2)9-8-10-16(3)11-14-17(4)12-6-5-7-13-17/h15-16H,5-14H2,1-4H3/q+1. The lowest BCUT2D eigenvalue weighted by molar-refractivity contribution is -0.914. The predicted octanol–water partition coefficient (Wildman–Crippen LogP) is 4.47. The normalized spacial score (nSPS) is 21.7. The summed E-state index contributed by atoms with van der Waals surface area (Å²) in [5, 5.41) is 0. The lowest BCUT2D eigenvalue weighted by atomic mass is 9.96. The van der Waals surface area contributed by atoms with Crippen LogP contribution in [-0.2, 0) is 0 Å². The van der Waals surface area contributed by atoms with Gasteiger partial charge >= 0.3 is 0 Å². The van der Waals surface area contributed by atoms with Crippen molar-refractivity contribution in [3.63, 3.8) is 0 Å². The quantitative estimate of drug-likeness (QED) is 0.576. The Kier molecular flexibility index (Phi) is 6.54. The van der Waals surface area contributed by atoms with Crippen LogP contribution in [0.5, 0.6) is 0 Å². The topological polar surface area (TPSA) is 0 Å². The van der Waals surface area contributed by atoms with Crippen molar-refractivity contribution in [1.82, 2.24) is 0 Å². The first-order valence-corrected chi connectivity index (χ1v) is 7.85. The van der Waals surface area contributed by atoms with E-state index < -0.39 is 0 Å². The SMILES string of the molecule is CC(C)CCCC(C)CC[N+]1(C)CCCCC1. The zero-order valence-corrected chi connectivity index (χ0v) is 12.7. The zero-order valence-electron chi connectivity index (χ0n) is 12.7. The Morgan fingerprint density at radius 2 is 1.53 bits per heavy atom. The largest absolute Gasteiger partial charge is 0.326 e. The maximum atomic E-state index is 2.47. The first kappa shape index (κ1) is 15.0. The molecular weight excluding hydrogens is 206 g/mol. The lowest BCUT2D eigenvalue weighted by Crippen LogP contribution is -2.48. The van der Waals surface area contributed by atoms with Gasteiger partial charge in [0.1, 0.15) is 0 Å². The first-order valence-electron chi connectivity index (χ1n) is 7.85. The molecule has 17 heavy (non-hydrogen) atoms. The van der Waals surface area contributed by atoms with Crippen LogP contribution >= 0.6 is 0 Å². The molecule has 102 valence electrons. The smallest absolute Gasteiger partial charge is 0.0787 e. The van der Waals surface area contributed by atoms with Crippen LogP contribution in [0.15, 0.2) is 0 Å². The number of nitrogens with zero attached hydrogens (tertiary/aromatic N) is 1. The summed E-state index contributed by atoms with van der Waals surface area (Å²) in [7, 11) is 2.47. The van der Waals surface area contributed by atoms with Crippen LogP contribution in [-0.4, -0.2) is 31.2 Å². The predicted molar refractivity (Wildman–Crippen MR) is 77.1 cm³/mol. The highest BCUT2D eigenvalue weighted by atomic mass is 15.3. The molecule has 0 aromatic heterocycles. The molecule has 1 aliphatic heterocycles. The van der Waals surface area contributed by atoms with Gasteiger partial charge in [0, 0.05) is 0 Å². The van der Waals surface area contributed by atoms with Gasteiger partial charge in [-0.15, -0.1) is 0 Å². The average molecular weight is 240 g/mol. The molecular formula is C16H34N+. The van der Waals surface area contributed by atoms with Crippen molar-refractivity contribution in [2.75, 3.05) is 26.7 Å². The van der Waals surface area contributed by atoms with Crippen LogP contribution in [0, 0.1) is 11.8 Å². The van der Waals surface area contributed by atoms with Gasteiger partial charge in [-0.25, -0.2) is 0 Å². The van der Waals surface area contributed by atoms with E-state index >= 15 is 0 Å². The van der Waals surface area contributed by atoms with Crippen molar-refractivity contribution in [3.8, 4) is 0 Å². The Hall–Kier alpha value is -0.0400. The minimum atomic E-state index is 0.883. The number of hydrogen-bond donors (Lipinski definition) is 0. The van der Waals surface area contributed by atoms with Gasteiger partial charge in [0.15, 0.2) is 0 Å². The van der Waals surface area contributed by atoms with Gasteiger partial charge in [-0.2, -0.15) is 0 Å². The molecule has 0 bridgehead atoms. The van der Waals surface area contributed by atoms with Gasteiger partial charge < -0.3 is 4.48 Å². The minimum absolute atomic E-state index is 0.883. The highest BCUT2D eigenvalue weighted by molar-refractivity contribution is 4.58. The molecule has 0 radical (unpaired) electrons. The summed E-state index contributed by atoms with van der Waals surface area (Å²) in [5.74, 6) is 1.82. The Balaban J connectivity index is 2.11. The number of piperidine rings is 1. The summed E-state index contributed by atoms with van der Waals surface area (Å²) in [6.07, 6.45) is 10.1. The van der Waals surface area contributed by atoms with Crippen LogP contribution in [0.4, 0.5) is 0 Å². The maximum absolute atomic E-state index is 2.47. The molecule has 1 unspecified atom stereocenters. The second-order valence-electron chi connectivity index (χ2n) is 7.07. The van der Waals surface area contributed by atoms with Crippen molar-refractivity contribution in [3.05, 3.63) is 0 Å². The monoisotopic (exact) mass is 240 g/mol. The van der Waals surface area contributed by atoms with Crippen LogP contribution in [0.2, 0.25) is 0 Å². The fourth-order valence-electron chi connectivity index (χ4n) is 3.05. The molecule has 1 fully saturated rings. The molecule has 0 N–H and O–H groups in total. The van der Waals surface area contributed by atoms with Crippen molar-refractivity contribution in [1.29, 1.82) is 0 Å². The van der Waals surface area contributed by atoms with Gasteiger partial charge in [0.25, 0.3) is 0 Å². The van der Waals surface area contributed by atoms with E-state index in [1.807, 2.05) is 0 Å². The van der Waals surface area contributed by atoms with E-state index in [-0.39, 0.29) is 0 Å². The van der Waals surface area contributed by atoms with Gasteiger partial charge in [0.05, 0.1) is 26.7 Å². The van der Waals surface area contributed by atoms with Gasteiger partial charge in [-0.1, -0.05) is 40.0 Å². The minimum Gasteiger partial charge on any atom is -0.326 e. The van der Waals surface area contributed by atoms with Gasteiger partial charge in [0.2, 0.25) is 0 Å². The van der Waals surface area contributed by atoms with Gasteiger partial charge in [-0.05, 0) is 37.5 Å². The fraction of sp³-hybridized carbons (Fsp3) is 1.00. The number of rotatable bonds is 7. The van der Waals surface area contributed by atoms with Crippen molar-refractivity contribution >= 4 is 0 Å². The second kappa shape index (κ2) is 7.41. The number of hydrogen-bond acceptors (Lipinski definition) is 0. The van der Waals surface area contributed by atoms with Crippen LogP contribution in [0.25, 0.3) is 0 Å². The molecule has 1 aliphatic rings. The zero-order chi connectivity index (χ0) is 12.7. The molecule has 1 heteroatoms. The average Bonchev–Trinajstić information content (AvgIpc) is 2.27. The number of quaternary nitrogens is 1. The van der Waals surface area contributed by atoms with E-state index in [0.29, 0.717) is 0 Å². The van der Waals surface area contributed by atoms with E-state index in [9.17, 15) is 0 Å². The van der Waals surface area contributed by atoms with E-state index in [0.717, 1.165) is 11.8 Å². The van der Waals surface area contributed by atoms with Crippen LogP contribution in [0.3, 0.4) is 0 Å². The molecule has 1 nitrogen and oxygen atoms in total. The Bertz CT molecular complexity index is 192. The summed E-state index contributed by atoms with van der Waals surface area (Å²) in [6.45, 7) is 11.4. The third-order valence-electron chi connectivity index (χ3n) is 4.54. The van der Waals surface area contributed by atoms with Crippen LogP contribution < -0.4 is 0 Å². The fourth-order valence-corrected chi connectivity index (χ4v) is 3.05. The van der Waals surface area contributed by atoms with Crippen molar-refractivity contribution in [2.45, 2.75) is 65.7 Å². The lowest BCUT2D eigenvalue weighted by Gasteiger charge is -2.38. The first-order chi connectivity index (χ1) is 8.02. The third-order valence-corrected chi connectivity index (χ3v) is 4.54. The van der Waals surface area contributed by atoms with E-state index in [2.05, 4.69) is 27.8 Å². The second-order valence-corrected chi connectivity index (χ2v) is 7.07. The molecule has 0 spiro atoms. The molecule has 1 atom stereocenters. The molecule has 1 heterocycles. The van der Waals surface area contributed by atoms with E-state index in [1.165, 1.54) is 69.1 Å². The summed E-state index contributed by atoms with van der Waals surface area (Å²) < 4.78 is 1.36. The summed E-state index contributed by atoms with van der Waals surface area (Å²) in [5.41, 5.74) is 0. The van der Waals surface area contributed by atoms with Gasteiger partial charge in [-0.3, -0.25) is 0 Å². The maximum Gasteiger partial charge on any atom is 0.0787 e. The third kappa shape index (κ3) is 6.45. The van der Waals surface area contributed by atoms with Crippen LogP contribution in [0.1, 0.15) is 65.7 Å². The molecule has 0 aromatic carbocycles. The van der Waals surface area contributed by atoms with E-state index in [4.69, 9.17) is 0 Å².